The molecule has 8 heteroatoms. The quantitative estimate of drug-likeness (QED) is 0.808. The number of benzene rings is 1. The first-order valence-corrected chi connectivity index (χ1v) is 7.39. The molecule has 0 amide bonds. The van der Waals surface area contributed by atoms with Crippen LogP contribution in [0.5, 0.6) is 0 Å². The molecular weight excluding hydrogens is 299 g/mol. The zero-order valence-electron chi connectivity index (χ0n) is 9.73. The van der Waals surface area contributed by atoms with Crippen molar-refractivity contribution < 1.29 is 13.5 Å². The van der Waals surface area contributed by atoms with Crippen LogP contribution in [0.3, 0.4) is 0 Å². The molecular formula is C10H14Cl2N2O3S. The van der Waals surface area contributed by atoms with Gasteiger partial charge < -0.3 is 10.8 Å². The molecule has 1 rings (SSSR count). The number of nitrogens with two attached hydrogens (primary N) is 1. The Hall–Kier alpha value is -0.530. The Balaban J connectivity index is 3.36. The van der Waals surface area contributed by atoms with Gasteiger partial charge in [-0.3, -0.25) is 0 Å². The minimum Gasteiger partial charge on any atom is -0.399 e. The molecule has 1 aromatic rings. The van der Waals surface area contributed by atoms with Crippen molar-refractivity contribution >= 4 is 38.9 Å². The van der Waals surface area contributed by atoms with Gasteiger partial charge in [0.2, 0.25) is 10.0 Å². The molecule has 0 radical (unpaired) electrons. The second-order valence-electron chi connectivity index (χ2n) is 3.53. The first-order chi connectivity index (χ1) is 8.34. The van der Waals surface area contributed by atoms with E-state index >= 15 is 0 Å². The minimum absolute atomic E-state index is 0.0180. The number of nitrogens with zero attached hydrogens (tertiary/aromatic N) is 1. The number of halogens is 2. The van der Waals surface area contributed by atoms with Crippen LogP contribution in [0.2, 0.25) is 10.0 Å². The summed E-state index contributed by atoms with van der Waals surface area (Å²) in [4.78, 5) is -0.185. The van der Waals surface area contributed by atoms with Gasteiger partial charge >= 0.3 is 0 Å². The van der Waals surface area contributed by atoms with E-state index in [0.717, 1.165) is 4.31 Å². The van der Waals surface area contributed by atoms with Crippen LogP contribution in [0.1, 0.15) is 6.92 Å². The third-order valence-electron chi connectivity index (χ3n) is 2.32. The van der Waals surface area contributed by atoms with E-state index in [1.54, 1.807) is 6.92 Å². The van der Waals surface area contributed by atoms with Crippen molar-refractivity contribution in [3.63, 3.8) is 0 Å². The summed E-state index contributed by atoms with van der Waals surface area (Å²) in [6, 6.07) is 2.65. The summed E-state index contributed by atoms with van der Waals surface area (Å²) in [5, 5.41) is 8.81. The van der Waals surface area contributed by atoms with Gasteiger partial charge in [0.05, 0.1) is 16.7 Å². The standard InChI is InChI=1S/C10H14Cl2N2O3S/c1-2-14(3-4-15)18(16,17)10-8(11)5-7(13)6-9(10)12/h5-6,15H,2-4,13H2,1H3. The Kier molecular flexibility index (Phi) is 5.24. The number of hydrogen-bond donors (Lipinski definition) is 2. The molecule has 1 aromatic carbocycles. The first kappa shape index (κ1) is 15.5. The van der Waals surface area contributed by atoms with E-state index < -0.39 is 10.0 Å². The Bertz CT molecular complexity index is 511. The van der Waals surface area contributed by atoms with Crippen molar-refractivity contribution in [1.82, 2.24) is 4.31 Å². The predicted molar refractivity (Wildman–Crippen MR) is 72.4 cm³/mol. The van der Waals surface area contributed by atoms with Gasteiger partial charge in [-0.15, -0.1) is 0 Å². The summed E-state index contributed by atoms with van der Waals surface area (Å²) in [5.74, 6) is 0. The summed E-state index contributed by atoms with van der Waals surface area (Å²) in [6.07, 6.45) is 0. The molecule has 0 spiro atoms. The van der Waals surface area contributed by atoms with Gasteiger partial charge in [0, 0.05) is 18.8 Å². The lowest BCUT2D eigenvalue weighted by Gasteiger charge is -2.21. The molecule has 5 nitrogen and oxygen atoms in total. The van der Waals surface area contributed by atoms with Crippen molar-refractivity contribution in [2.45, 2.75) is 11.8 Å². The van der Waals surface area contributed by atoms with Crippen LogP contribution < -0.4 is 5.73 Å². The number of aliphatic hydroxyl groups is 1. The Morgan fingerprint density at radius 3 is 2.22 bits per heavy atom. The molecule has 0 saturated heterocycles. The van der Waals surface area contributed by atoms with E-state index in [9.17, 15) is 8.42 Å². The van der Waals surface area contributed by atoms with E-state index in [4.69, 9.17) is 34.0 Å². The monoisotopic (exact) mass is 312 g/mol. The van der Waals surface area contributed by atoms with Crippen molar-refractivity contribution in [1.29, 1.82) is 0 Å². The molecule has 0 aliphatic heterocycles. The molecule has 18 heavy (non-hydrogen) atoms. The zero-order valence-corrected chi connectivity index (χ0v) is 12.1. The summed E-state index contributed by atoms with van der Waals surface area (Å²) in [6.45, 7) is 1.57. The van der Waals surface area contributed by atoms with Crippen LogP contribution in [0.25, 0.3) is 0 Å². The number of anilines is 1. The largest absolute Gasteiger partial charge is 0.399 e. The molecule has 102 valence electrons. The molecule has 0 aromatic heterocycles. The van der Waals surface area contributed by atoms with E-state index in [1.165, 1.54) is 12.1 Å². The van der Waals surface area contributed by atoms with Crippen LogP contribution in [-0.4, -0.2) is 37.5 Å². The number of likely N-dealkylation sites (N-methyl/N-ethyl adjacent to an activating group) is 1. The molecule has 0 aliphatic rings. The maximum absolute atomic E-state index is 12.3. The van der Waals surface area contributed by atoms with Gasteiger partial charge in [-0.1, -0.05) is 30.1 Å². The fourth-order valence-corrected chi connectivity index (χ4v) is 4.13. The maximum atomic E-state index is 12.3. The summed E-state index contributed by atoms with van der Waals surface area (Å²) in [5.41, 5.74) is 5.81. The highest BCUT2D eigenvalue weighted by molar-refractivity contribution is 7.89. The number of sulfonamides is 1. The Labute approximate surface area is 116 Å². The van der Waals surface area contributed by atoms with Crippen LogP contribution in [-0.2, 0) is 10.0 Å². The first-order valence-electron chi connectivity index (χ1n) is 5.20. The number of hydrogen-bond acceptors (Lipinski definition) is 4. The summed E-state index contributed by atoms with van der Waals surface area (Å²) in [7, 11) is -3.84. The van der Waals surface area contributed by atoms with Crippen LogP contribution in [0.4, 0.5) is 5.69 Å². The summed E-state index contributed by atoms with van der Waals surface area (Å²) < 4.78 is 25.7. The third-order valence-corrected chi connectivity index (χ3v) is 5.22. The SMILES string of the molecule is CCN(CCO)S(=O)(=O)c1c(Cl)cc(N)cc1Cl. The van der Waals surface area contributed by atoms with Gasteiger partial charge in [0.15, 0.2) is 0 Å². The third kappa shape index (κ3) is 3.07. The van der Waals surface area contributed by atoms with Gasteiger partial charge in [-0.2, -0.15) is 4.31 Å². The topological polar surface area (TPSA) is 83.6 Å². The fraction of sp³-hybridized carbons (Fsp3) is 0.400. The molecule has 3 N–H and O–H groups in total. The normalized spacial score (nSPS) is 12.1. The second kappa shape index (κ2) is 6.08. The number of aliphatic hydroxyl groups excluding tert-OH is 1. The number of nitrogen functional groups attached to an aromatic ring is 1. The lowest BCUT2D eigenvalue weighted by molar-refractivity contribution is 0.257. The molecule has 0 atom stereocenters. The molecule has 0 fully saturated rings. The van der Waals surface area contributed by atoms with Gasteiger partial charge in [-0.25, -0.2) is 8.42 Å². The van der Waals surface area contributed by atoms with E-state index in [2.05, 4.69) is 0 Å². The van der Waals surface area contributed by atoms with Crippen LogP contribution in [0, 0.1) is 0 Å². The lowest BCUT2D eigenvalue weighted by atomic mass is 10.3. The maximum Gasteiger partial charge on any atom is 0.246 e. The minimum atomic E-state index is -3.84. The Morgan fingerprint density at radius 2 is 1.83 bits per heavy atom. The highest BCUT2D eigenvalue weighted by atomic mass is 35.5. The van der Waals surface area contributed by atoms with E-state index in [-0.39, 0.29) is 40.3 Å². The average molecular weight is 313 g/mol. The van der Waals surface area contributed by atoms with E-state index in [1.807, 2.05) is 0 Å². The van der Waals surface area contributed by atoms with Crippen molar-refractivity contribution in [3.05, 3.63) is 22.2 Å². The molecule has 0 unspecified atom stereocenters. The van der Waals surface area contributed by atoms with E-state index in [0.29, 0.717) is 0 Å². The van der Waals surface area contributed by atoms with Crippen molar-refractivity contribution in [3.8, 4) is 0 Å². The van der Waals surface area contributed by atoms with Crippen LogP contribution in [0.15, 0.2) is 17.0 Å². The smallest absolute Gasteiger partial charge is 0.246 e. The predicted octanol–water partition coefficient (Wildman–Crippen LogP) is 1.58. The lowest BCUT2D eigenvalue weighted by Crippen LogP contribution is -2.33. The summed E-state index contributed by atoms with van der Waals surface area (Å²) >= 11 is 11.8. The van der Waals surface area contributed by atoms with Crippen molar-refractivity contribution in [2.24, 2.45) is 0 Å². The zero-order chi connectivity index (χ0) is 13.9. The molecule has 0 aliphatic carbocycles. The van der Waals surface area contributed by atoms with Gasteiger partial charge in [0.1, 0.15) is 4.90 Å². The Morgan fingerprint density at radius 1 is 1.33 bits per heavy atom. The molecule has 0 saturated carbocycles. The highest BCUT2D eigenvalue weighted by Gasteiger charge is 2.28. The van der Waals surface area contributed by atoms with Gasteiger partial charge in [0.25, 0.3) is 0 Å². The van der Waals surface area contributed by atoms with Crippen LogP contribution >= 0.6 is 23.2 Å². The molecule has 0 heterocycles. The van der Waals surface area contributed by atoms with Gasteiger partial charge in [-0.05, 0) is 12.1 Å². The van der Waals surface area contributed by atoms with Crippen molar-refractivity contribution in [2.75, 3.05) is 25.4 Å². The second-order valence-corrected chi connectivity index (χ2v) is 6.22. The average Bonchev–Trinajstić information content (AvgIpc) is 2.23. The fourth-order valence-electron chi connectivity index (χ4n) is 1.51. The molecule has 0 bridgehead atoms. The number of rotatable bonds is 5. The highest BCUT2D eigenvalue weighted by Crippen LogP contribution is 2.33.